The Morgan fingerprint density at radius 2 is 1.81 bits per heavy atom. The van der Waals surface area contributed by atoms with E-state index < -0.39 is 0 Å². The SMILES string of the molecule is COc1ccccc1CNC(=O)c1cccc(NCc2nnc(-c3ccncc3)n2C)c1. The normalized spacial score (nSPS) is 10.6. The summed E-state index contributed by atoms with van der Waals surface area (Å²) in [7, 11) is 3.54. The Bertz CT molecular complexity index is 1210. The number of amides is 1. The molecule has 2 N–H and O–H groups in total. The maximum absolute atomic E-state index is 12.6. The standard InChI is InChI=1S/C24H24N6O2/c1-30-22(28-29-23(30)17-10-12-25-13-11-17)16-26-20-8-5-7-18(14-20)24(31)27-15-19-6-3-4-9-21(19)32-2/h3-14,26H,15-16H2,1-2H3,(H,27,31). The number of benzene rings is 2. The first-order valence-corrected chi connectivity index (χ1v) is 10.2. The van der Waals surface area contributed by atoms with Crippen molar-refractivity contribution in [3.63, 3.8) is 0 Å². The fourth-order valence-corrected chi connectivity index (χ4v) is 3.35. The van der Waals surface area contributed by atoms with E-state index in [0.29, 0.717) is 18.7 Å². The molecule has 0 aliphatic carbocycles. The van der Waals surface area contributed by atoms with E-state index in [1.54, 1.807) is 25.6 Å². The van der Waals surface area contributed by atoms with E-state index in [1.165, 1.54) is 0 Å². The van der Waals surface area contributed by atoms with Crippen molar-refractivity contribution in [3.8, 4) is 17.1 Å². The smallest absolute Gasteiger partial charge is 0.251 e. The molecule has 4 aromatic rings. The van der Waals surface area contributed by atoms with Crippen molar-refractivity contribution < 1.29 is 9.53 Å². The Morgan fingerprint density at radius 1 is 1.00 bits per heavy atom. The quantitative estimate of drug-likeness (QED) is 0.447. The van der Waals surface area contributed by atoms with Crippen molar-refractivity contribution in [1.29, 1.82) is 0 Å². The first kappa shape index (κ1) is 21.0. The number of rotatable bonds is 8. The van der Waals surface area contributed by atoms with Crippen LogP contribution in [-0.4, -0.2) is 32.8 Å². The van der Waals surface area contributed by atoms with Crippen LogP contribution in [0.1, 0.15) is 21.7 Å². The zero-order chi connectivity index (χ0) is 22.3. The molecule has 0 saturated carbocycles. The van der Waals surface area contributed by atoms with Gasteiger partial charge < -0.3 is 19.9 Å². The van der Waals surface area contributed by atoms with Gasteiger partial charge >= 0.3 is 0 Å². The lowest BCUT2D eigenvalue weighted by atomic mass is 10.1. The second-order valence-corrected chi connectivity index (χ2v) is 7.16. The third kappa shape index (κ3) is 4.75. The number of ether oxygens (including phenoxy) is 1. The van der Waals surface area contributed by atoms with Gasteiger partial charge in [-0.3, -0.25) is 9.78 Å². The molecule has 4 rings (SSSR count). The summed E-state index contributed by atoms with van der Waals surface area (Å²) in [6, 6.07) is 18.8. The lowest BCUT2D eigenvalue weighted by molar-refractivity contribution is 0.0950. The highest BCUT2D eigenvalue weighted by Gasteiger charge is 2.11. The van der Waals surface area contributed by atoms with Crippen LogP contribution in [0.25, 0.3) is 11.4 Å². The summed E-state index contributed by atoms with van der Waals surface area (Å²) in [6.07, 6.45) is 3.46. The number of anilines is 1. The summed E-state index contributed by atoms with van der Waals surface area (Å²) in [5.74, 6) is 2.15. The first-order chi connectivity index (χ1) is 15.7. The molecule has 1 amide bonds. The Kier molecular flexibility index (Phi) is 6.41. The molecule has 2 aromatic heterocycles. The van der Waals surface area contributed by atoms with Gasteiger partial charge in [-0.25, -0.2) is 0 Å². The van der Waals surface area contributed by atoms with E-state index in [9.17, 15) is 4.79 Å². The van der Waals surface area contributed by atoms with Crippen LogP contribution in [0.3, 0.4) is 0 Å². The molecule has 8 nitrogen and oxygen atoms in total. The van der Waals surface area contributed by atoms with Crippen molar-refractivity contribution in [2.75, 3.05) is 12.4 Å². The van der Waals surface area contributed by atoms with Crippen molar-refractivity contribution in [2.24, 2.45) is 7.05 Å². The molecule has 2 aromatic carbocycles. The van der Waals surface area contributed by atoms with Crippen molar-refractivity contribution in [2.45, 2.75) is 13.1 Å². The molecule has 0 bridgehead atoms. The van der Waals surface area contributed by atoms with Crippen LogP contribution < -0.4 is 15.4 Å². The molecule has 0 radical (unpaired) electrons. The third-order valence-corrected chi connectivity index (χ3v) is 5.11. The average molecular weight is 428 g/mol. The Balaban J connectivity index is 1.39. The Morgan fingerprint density at radius 3 is 2.62 bits per heavy atom. The minimum atomic E-state index is -0.154. The van der Waals surface area contributed by atoms with Crippen molar-refractivity contribution >= 4 is 11.6 Å². The van der Waals surface area contributed by atoms with E-state index in [1.807, 2.05) is 66.2 Å². The minimum absolute atomic E-state index is 0.154. The second-order valence-electron chi connectivity index (χ2n) is 7.16. The molecular formula is C24H24N6O2. The van der Waals surface area contributed by atoms with E-state index in [2.05, 4.69) is 25.8 Å². The van der Waals surface area contributed by atoms with Gasteiger partial charge in [0.1, 0.15) is 5.75 Å². The van der Waals surface area contributed by atoms with Crippen molar-refractivity contribution in [1.82, 2.24) is 25.1 Å². The molecule has 0 aliphatic rings. The molecular weight excluding hydrogens is 404 g/mol. The van der Waals surface area contributed by atoms with Crippen LogP contribution in [0.4, 0.5) is 5.69 Å². The molecule has 8 heteroatoms. The van der Waals surface area contributed by atoms with E-state index in [0.717, 1.165) is 34.2 Å². The van der Waals surface area contributed by atoms with Gasteiger partial charge in [-0.2, -0.15) is 0 Å². The predicted octanol–water partition coefficient (Wildman–Crippen LogP) is 3.43. The van der Waals surface area contributed by atoms with Gasteiger partial charge in [-0.15, -0.1) is 10.2 Å². The Hall–Kier alpha value is -4.20. The minimum Gasteiger partial charge on any atom is -0.496 e. The highest BCUT2D eigenvalue weighted by atomic mass is 16.5. The molecule has 162 valence electrons. The van der Waals surface area contributed by atoms with Gasteiger partial charge in [0.2, 0.25) is 0 Å². The molecule has 2 heterocycles. The summed E-state index contributed by atoms with van der Waals surface area (Å²) in [5.41, 5.74) is 3.27. The fourth-order valence-electron chi connectivity index (χ4n) is 3.35. The summed E-state index contributed by atoms with van der Waals surface area (Å²) < 4.78 is 7.28. The summed E-state index contributed by atoms with van der Waals surface area (Å²) in [4.78, 5) is 16.7. The zero-order valence-corrected chi connectivity index (χ0v) is 17.9. The number of carbonyl (C=O) groups is 1. The second kappa shape index (κ2) is 9.74. The largest absolute Gasteiger partial charge is 0.496 e. The maximum Gasteiger partial charge on any atom is 0.251 e. The number of methoxy groups -OCH3 is 1. The first-order valence-electron chi connectivity index (χ1n) is 10.2. The highest BCUT2D eigenvalue weighted by molar-refractivity contribution is 5.95. The number of pyridine rings is 1. The molecule has 0 atom stereocenters. The monoisotopic (exact) mass is 428 g/mol. The number of hydrogen-bond donors (Lipinski definition) is 2. The van der Waals surface area contributed by atoms with E-state index >= 15 is 0 Å². The van der Waals surface area contributed by atoms with Crippen LogP contribution in [0.5, 0.6) is 5.75 Å². The number of nitrogens with one attached hydrogen (secondary N) is 2. The van der Waals surface area contributed by atoms with Crippen molar-refractivity contribution in [3.05, 3.63) is 90.0 Å². The number of nitrogens with zero attached hydrogens (tertiary/aromatic N) is 4. The van der Waals surface area contributed by atoms with Gasteiger partial charge in [0, 0.05) is 48.4 Å². The molecule has 0 spiro atoms. The predicted molar refractivity (Wildman–Crippen MR) is 122 cm³/mol. The van der Waals surface area contributed by atoms with Gasteiger partial charge in [0.15, 0.2) is 11.6 Å². The number of aromatic nitrogens is 4. The van der Waals surface area contributed by atoms with Gasteiger partial charge in [-0.05, 0) is 36.4 Å². The van der Waals surface area contributed by atoms with Gasteiger partial charge in [0.25, 0.3) is 5.91 Å². The number of para-hydroxylation sites is 1. The average Bonchev–Trinajstić information content (AvgIpc) is 3.22. The number of hydrogen-bond acceptors (Lipinski definition) is 6. The topological polar surface area (TPSA) is 94.0 Å². The van der Waals surface area contributed by atoms with E-state index in [-0.39, 0.29) is 5.91 Å². The van der Waals surface area contributed by atoms with Crippen LogP contribution in [0.2, 0.25) is 0 Å². The molecule has 0 unspecified atom stereocenters. The lowest BCUT2D eigenvalue weighted by Gasteiger charge is -2.11. The maximum atomic E-state index is 12.6. The van der Waals surface area contributed by atoms with Crippen LogP contribution in [0, 0.1) is 0 Å². The van der Waals surface area contributed by atoms with Crippen LogP contribution in [0.15, 0.2) is 73.1 Å². The molecule has 0 aliphatic heterocycles. The zero-order valence-electron chi connectivity index (χ0n) is 17.9. The molecule has 32 heavy (non-hydrogen) atoms. The Labute approximate surface area is 186 Å². The lowest BCUT2D eigenvalue weighted by Crippen LogP contribution is -2.23. The van der Waals surface area contributed by atoms with Crippen LogP contribution in [-0.2, 0) is 20.1 Å². The van der Waals surface area contributed by atoms with E-state index in [4.69, 9.17) is 4.74 Å². The van der Waals surface area contributed by atoms with Gasteiger partial charge in [0.05, 0.1) is 13.7 Å². The number of carbonyl (C=O) groups excluding carboxylic acids is 1. The highest BCUT2D eigenvalue weighted by Crippen LogP contribution is 2.19. The van der Waals surface area contributed by atoms with Crippen LogP contribution >= 0.6 is 0 Å². The molecule has 0 saturated heterocycles. The molecule has 0 fully saturated rings. The summed E-state index contributed by atoms with van der Waals surface area (Å²) in [5, 5.41) is 14.8. The van der Waals surface area contributed by atoms with Gasteiger partial charge in [-0.1, -0.05) is 24.3 Å². The summed E-state index contributed by atoms with van der Waals surface area (Å²) >= 11 is 0. The summed E-state index contributed by atoms with van der Waals surface area (Å²) in [6.45, 7) is 0.859. The fraction of sp³-hybridized carbons (Fsp3) is 0.167. The third-order valence-electron chi connectivity index (χ3n) is 5.11.